The third kappa shape index (κ3) is 5.75. The molecular formula is C21H34FN3O. The Morgan fingerprint density at radius 1 is 1.12 bits per heavy atom. The summed E-state index contributed by atoms with van der Waals surface area (Å²) in [4.78, 5) is 17.2. The van der Waals surface area contributed by atoms with Crippen LogP contribution in [0.25, 0.3) is 10.9 Å². The zero-order chi connectivity index (χ0) is 19.5. The zero-order valence-electron chi connectivity index (χ0n) is 16.9. The lowest BCUT2D eigenvalue weighted by molar-refractivity contribution is 0.186. The summed E-state index contributed by atoms with van der Waals surface area (Å²) in [5.74, 6) is -0.169. The van der Waals surface area contributed by atoms with Gasteiger partial charge in [-0.05, 0) is 49.4 Å². The number of rotatable bonds is 3. The van der Waals surface area contributed by atoms with Gasteiger partial charge in [0.25, 0.3) is 0 Å². The number of halogens is 1. The standard InChI is InChI=1S/C17H22FN3O.2C2H6/c1-2-12-10-16-13(9-15(12)18)8-14(20-16)11-19-17(22)21-6-4-3-5-7-21;2*1-2/h8-10,20H,2-7,11H2,1H3,(H,19,22);2*1-2H3. The monoisotopic (exact) mass is 363 g/mol. The Bertz CT molecular complexity index is 675. The summed E-state index contributed by atoms with van der Waals surface area (Å²) < 4.78 is 13.8. The van der Waals surface area contributed by atoms with Gasteiger partial charge in [-0.3, -0.25) is 0 Å². The average molecular weight is 364 g/mol. The van der Waals surface area contributed by atoms with Crippen LogP contribution in [0.2, 0.25) is 0 Å². The molecular weight excluding hydrogens is 329 g/mol. The Morgan fingerprint density at radius 3 is 2.38 bits per heavy atom. The van der Waals surface area contributed by atoms with Gasteiger partial charge >= 0.3 is 6.03 Å². The van der Waals surface area contributed by atoms with Gasteiger partial charge in [-0.25, -0.2) is 9.18 Å². The fourth-order valence-corrected chi connectivity index (χ4v) is 3.00. The molecule has 5 heteroatoms. The SMILES string of the molecule is CC.CC.CCc1cc2[nH]c(CNC(=O)N3CCCCC3)cc2cc1F. The fraction of sp³-hybridized carbons (Fsp3) is 0.571. The Hall–Kier alpha value is -2.04. The number of aromatic nitrogens is 1. The summed E-state index contributed by atoms with van der Waals surface area (Å²) in [6.07, 6.45) is 4.04. The third-order valence-electron chi connectivity index (χ3n) is 4.30. The number of benzene rings is 1. The third-order valence-corrected chi connectivity index (χ3v) is 4.30. The van der Waals surface area contributed by atoms with E-state index >= 15 is 0 Å². The van der Waals surface area contributed by atoms with E-state index in [0.717, 1.165) is 42.5 Å². The van der Waals surface area contributed by atoms with Crippen LogP contribution in [-0.2, 0) is 13.0 Å². The quantitative estimate of drug-likeness (QED) is 0.731. The molecule has 0 bridgehead atoms. The lowest BCUT2D eigenvalue weighted by atomic mass is 10.1. The predicted octanol–water partition coefficient (Wildman–Crippen LogP) is 5.62. The minimum atomic E-state index is -0.169. The first-order valence-electron chi connectivity index (χ1n) is 10.00. The highest BCUT2D eigenvalue weighted by molar-refractivity contribution is 5.81. The van der Waals surface area contributed by atoms with E-state index in [1.807, 2.05) is 51.7 Å². The molecule has 3 rings (SSSR count). The molecule has 0 spiro atoms. The number of nitrogens with zero attached hydrogens (tertiary/aromatic N) is 1. The lowest BCUT2D eigenvalue weighted by Crippen LogP contribution is -2.42. The van der Waals surface area contributed by atoms with Gasteiger partial charge in [0.1, 0.15) is 5.82 Å². The lowest BCUT2D eigenvalue weighted by Gasteiger charge is -2.26. The molecule has 0 atom stereocenters. The van der Waals surface area contributed by atoms with Crippen LogP contribution in [0.1, 0.15) is 65.1 Å². The van der Waals surface area contributed by atoms with Gasteiger partial charge in [-0.2, -0.15) is 0 Å². The second kappa shape index (κ2) is 11.6. The first-order valence-corrected chi connectivity index (χ1v) is 10.00. The molecule has 0 unspecified atom stereocenters. The van der Waals surface area contributed by atoms with Crippen LogP contribution in [0.3, 0.4) is 0 Å². The summed E-state index contributed by atoms with van der Waals surface area (Å²) in [6, 6.07) is 5.29. The second-order valence-electron chi connectivity index (χ2n) is 5.89. The smallest absolute Gasteiger partial charge is 0.317 e. The van der Waals surface area contributed by atoms with Crippen molar-refractivity contribution in [2.24, 2.45) is 0 Å². The van der Waals surface area contributed by atoms with E-state index in [2.05, 4.69) is 10.3 Å². The molecule has 0 aliphatic carbocycles. The predicted molar refractivity (Wildman–Crippen MR) is 108 cm³/mol. The Balaban J connectivity index is 0.000000791. The maximum absolute atomic E-state index is 13.8. The largest absolute Gasteiger partial charge is 0.357 e. The van der Waals surface area contributed by atoms with Crippen LogP contribution in [0.4, 0.5) is 9.18 Å². The van der Waals surface area contributed by atoms with Crippen LogP contribution in [-0.4, -0.2) is 29.0 Å². The molecule has 146 valence electrons. The molecule has 1 aliphatic rings. The van der Waals surface area contributed by atoms with Crippen LogP contribution in [0.5, 0.6) is 0 Å². The van der Waals surface area contributed by atoms with E-state index in [1.165, 1.54) is 6.42 Å². The van der Waals surface area contributed by atoms with Crippen molar-refractivity contribution < 1.29 is 9.18 Å². The Kier molecular flexibility index (Phi) is 9.78. The number of fused-ring (bicyclic) bond motifs is 1. The van der Waals surface area contributed by atoms with Crippen molar-refractivity contribution in [1.82, 2.24) is 15.2 Å². The number of aryl methyl sites for hydroxylation is 1. The number of amides is 2. The van der Waals surface area contributed by atoms with Gasteiger partial charge in [-0.1, -0.05) is 34.6 Å². The molecule has 1 aliphatic heterocycles. The number of H-pyrrole nitrogens is 1. The maximum atomic E-state index is 13.8. The fourth-order valence-electron chi connectivity index (χ4n) is 3.00. The summed E-state index contributed by atoms with van der Waals surface area (Å²) >= 11 is 0. The number of hydrogen-bond acceptors (Lipinski definition) is 1. The van der Waals surface area contributed by atoms with Gasteiger partial charge < -0.3 is 15.2 Å². The average Bonchev–Trinajstić information content (AvgIpc) is 3.10. The van der Waals surface area contributed by atoms with Crippen molar-refractivity contribution in [3.8, 4) is 0 Å². The molecule has 2 aromatic rings. The highest BCUT2D eigenvalue weighted by Crippen LogP contribution is 2.20. The number of carbonyl (C=O) groups is 1. The van der Waals surface area contributed by atoms with Crippen molar-refractivity contribution in [2.75, 3.05) is 13.1 Å². The molecule has 2 heterocycles. The van der Waals surface area contributed by atoms with Crippen LogP contribution in [0.15, 0.2) is 18.2 Å². The highest BCUT2D eigenvalue weighted by Gasteiger charge is 2.16. The number of piperidine rings is 1. The van der Waals surface area contributed by atoms with E-state index in [-0.39, 0.29) is 11.8 Å². The topological polar surface area (TPSA) is 48.1 Å². The van der Waals surface area contributed by atoms with E-state index in [9.17, 15) is 9.18 Å². The second-order valence-corrected chi connectivity index (χ2v) is 5.89. The number of carbonyl (C=O) groups excluding carboxylic acids is 1. The number of nitrogens with one attached hydrogen (secondary N) is 2. The van der Waals surface area contributed by atoms with Gasteiger partial charge in [0.05, 0.1) is 6.54 Å². The van der Waals surface area contributed by atoms with Crippen molar-refractivity contribution in [1.29, 1.82) is 0 Å². The van der Waals surface area contributed by atoms with Gasteiger partial charge in [-0.15, -0.1) is 0 Å². The van der Waals surface area contributed by atoms with Crippen molar-refractivity contribution >= 4 is 16.9 Å². The van der Waals surface area contributed by atoms with Gasteiger partial charge in [0, 0.05) is 29.7 Å². The zero-order valence-corrected chi connectivity index (χ0v) is 16.9. The summed E-state index contributed by atoms with van der Waals surface area (Å²) in [5.41, 5.74) is 2.52. The van der Waals surface area contributed by atoms with E-state index < -0.39 is 0 Å². The molecule has 0 radical (unpaired) electrons. The molecule has 2 amide bonds. The molecule has 1 aromatic heterocycles. The summed E-state index contributed by atoms with van der Waals surface area (Å²) in [7, 11) is 0. The molecule has 4 nitrogen and oxygen atoms in total. The minimum Gasteiger partial charge on any atom is -0.357 e. The Labute approximate surface area is 157 Å². The van der Waals surface area contributed by atoms with Crippen LogP contribution >= 0.6 is 0 Å². The first-order chi connectivity index (χ1) is 12.7. The van der Waals surface area contributed by atoms with Crippen molar-refractivity contribution in [3.05, 3.63) is 35.3 Å². The first kappa shape index (κ1) is 22.0. The summed E-state index contributed by atoms with van der Waals surface area (Å²) in [6.45, 7) is 12.0. The van der Waals surface area contributed by atoms with Gasteiger partial charge in [0.15, 0.2) is 0 Å². The number of likely N-dealkylation sites (tertiary alicyclic amines) is 1. The number of hydrogen-bond donors (Lipinski definition) is 2. The van der Waals surface area contributed by atoms with E-state index in [1.54, 1.807) is 6.07 Å². The maximum Gasteiger partial charge on any atom is 0.317 e. The van der Waals surface area contributed by atoms with Crippen LogP contribution < -0.4 is 5.32 Å². The van der Waals surface area contributed by atoms with E-state index in [0.29, 0.717) is 18.5 Å². The molecule has 1 saturated heterocycles. The minimum absolute atomic E-state index is 0.0150. The highest BCUT2D eigenvalue weighted by atomic mass is 19.1. The van der Waals surface area contributed by atoms with Crippen LogP contribution in [0, 0.1) is 5.82 Å². The molecule has 0 saturated carbocycles. The molecule has 26 heavy (non-hydrogen) atoms. The van der Waals surface area contributed by atoms with Crippen molar-refractivity contribution in [2.45, 2.75) is 66.8 Å². The normalized spacial score (nSPS) is 13.4. The van der Waals surface area contributed by atoms with Gasteiger partial charge in [0.2, 0.25) is 0 Å². The number of aromatic amines is 1. The van der Waals surface area contributed by atoms with Crippen molar-refractivity contribution in [3.63, 3.8) is 0 Å². The summed E-state index contributed by atoms with van der Waals surface area (Å²) in [5, 5.41) is 3.78. The van der Waals surface area contributed by atoms with E-state index in [4.69, 9.17) is 0 Å². The molecule has 2 N–H and O–H groups in total. The number of urea groups is 1. The molecule has 1 fully saturated rings. The molecule has 1 aromatic carbocycles. The Morgan fingerprint density at radius 2 is 1.77 bits per heavy atom.